The molecule has 12 heteroatoms. The molecule has 2 saturated heterocycles. The van der Waals surface area contributed by atoms with Gasteiger partial charge >= 0.3 is 0 Å². The third-order valence-electron chi connectivity index (χ3n) is 6.49. The number of piperazine rings is 1. The maximum atomic E-state index is 14.4. The summed E-state index contributed by atoms with van der Waals surface area (Å²) >= 11 is 5.87. The highest BCUT2D eigenvalue weighted by Gasteiger charge is 2.29. The molecular weight excluding hydrogens is 485 g/mol. The molecule has 0 aliphatic carbocycles. The summed E-state index contributed by atoms with van der Waals surface area (Å²) in [7, 11) is 2.11. The normalized spacial score (nSPS) is 18.5. The van der Waals surface area contributed by atoms with Crippen LogP contribution in [0.5, 0.6) is 0 Å². The van der Waals surface area contributed by atoms with Gasteiger partial charge in [-0.05, 0) is 32.5 Å². The van der Waals surface area contributed by atoms with Crippen molar-refractivity contribution < 1.29 is 9.18 Å². The second-order valence-corrected chi connectivity index (χ2v) is 9.68. The molecule has 1 atom stereocenters. The van der Waals surface area contributed by atoms with E-state index in [4.69, 9.17) is 16.6 Å². The van der Waals surface area contributed by atoms with Gasteiger partial charge in [0, 0.05) is 63.1 Å². The van der Waals surface area contributed by atoms with E-state index in [1.165, 1.54) is 12.1 Å². The minimum absolute atomic E-state index is 0.0164. The first-order chi connectivity index (χ1) is 17.4. The monoisotopic (exact) mass is 513 g/mol. The maximum absolute atomic E-state index is 14.4. The molecule has 1 amide bonds. The number of carbonyl (C=O) groups is 1. The number of hydrogen-bond donors (Lipinski definition) is 3. The van der Waals surface area contributed by atoms with Crippen molar-refractivity contribution in [2.75, 3.05) is 61.8 Å². The van der Waals surface area contributed by atoms with E-state index in [1.54, 1.807) is 11.0 Å². The molecule has 0 saturated carbocycles. The Morgan fingerprint density at radius 1 is 1.14 bits per heavy atom. The zero-order valence-electron chi connectivity index (χ0n) is 20.3. The van der Waals surface area contributed by atoms with E-state index in [2.05, 4.69) is 42.7 Å². The summed E-state index contributed by atoms with van der Waals surface area (Å²) in [6, 6.07) is 8.23. The summed E-state index contributed by atoms with van der Waals surface area (Å²) in [5.41, 5.74) is 0.924. The van der Waals surface area contributed by atoms with Crippen molar-refractivity contribution in [2.45, 2.75) is 19.4 Å². The van der Waals surface area contributed by atoms with Crippen molar-refractivity contribution in [1.29, 1.82) is 0 Å². The lowest BCUT2D eigenvalue weighted by atomic mass is 10.2. The highest BCUT2D eigenvalue weighted by atomic mass is 35.5. The molecular formula is C24H29ClFN9O. The Morgan fingerprint density at radius 2 is 1.94 bits per heavy atom. The first-order valence-corrected chi connectivity index (χ1v) is 12.3. The van der Waals surface area contributed by atoms with Gasteiger partial charge in [-0.25, -0.2) is 4.39 Å². The van der Waals surface area contributed by atoms with Crippen LogP contribution in [0.2, 0.25) is 5.02 Å². The average Bonchev–Trinajstić information content (AvgIpc) is 3.49. The highest BCUT2D eigenvalue weighted by Crippen LogP contribution is 2.25. The van der Waals surface area contributed by atoms with Gasteiger partial charge in [0.15, 0.2) is 11.6 Å². The average molecular weight is 514 g/mol. The Bertz CT molecular complexity index is 1240. The summed E-state index contributed by atoms with van der Waals surface area (Å²) in [6.07, 6.45) is 0.692. The van der Waals surface area contributed by atoms with Crippen LogP contribution in [0.1, 0.15) is 22.5 Å². The van der Waals surface area contributed by atoms with Crippen LogP contribution in [-0.2, 0) is 0 Å². The van der Waals surface area contributed by atoms with Crippen LogP contribution < -0.4 is 15.5 Å². The molecule has 2 aromatic heterocycles. The predicted molar refractivity (Wildman–Crippen MR) is 138 cm³/mol. The molecule has 3 N–H and O–H groups in total. The van der Waals surface area contributed by atoms with Gasteiger partial charge < -0.3 is 25.3 Å². The molecule has 36 heavy (non-hydrogen) atoms. The van der Waals surface area contributed by atoms with Crippen molar-refractivity contribution in [3.8, 4) is 0 Å². The fourth-order valence-electron chi connectivity index (χ4n) is 4.46. The summed E-state index contributed by atoms with van der Waals surface area (Å²) in [5, 5.41) is 13.7. The minimum atomic E-state index is -0.687. The number of likely N-dealkylation sites (tertiary alicyclic amines) is 1. The number of halogens is 2. The minimum Gasteiger partial charge on any atom is -0.354 e. The fraction of sp³-hybridized carbons (Fsp3) is 0.417. The maximum Gasteiger partial charge on any atom is 0.256 e. The molecule has 0 unspecified atom stereocenters. The number of aromatic nitrogens is 4. The van der Waals surface area contributed by atoms with Gasteiger partial charge in [-0.1, -0.05) is 17.7 Å². The number of nitrogens with one attached hydrogen (secondary N) is 3. The Balaban J connectivity index is 1.32. The molecule has 10 nitrogen and oxygen atoms in total. The standard InChI is InChI=1S/C24H29ClFN9O/c1-15-12-20(32-31-15)28-19-13-21(34-10-8-33(2)9-11-34)30-24(29-19)27-16-6-7-35(14-16)23(36)17-4-3-5-18(25)22(17)26/h3-5,12-13,16H,6-11,14H2,1-2H3,(H3,27,28,29,30,31,32)/t16-/m0/s1. The van der Waals surface area contributed by atoms with E-state index in [0.29, 0.717) is 37.1 Å². The van der Waals surface area contributed by atoms with E-state index in [1.807, 2.05) is 19.1 Å². The Labute approximate surface area is 213 Å². The SMILES string of the molecule is Cc1cc(Nc2cc(N3CCN(C)CC3)nc(N[C@H]3CCN(C(=O)c4cccc(Cl)c4F)C3)n2)n[nH]1. The number of benzene rings is 1. The Morgan fingerprint density at radius 3 is 2.69 bits per heavy atom. The molecule has 2 aliphatic rings. The molecule has 190 valence electrons. The Kier molecular flexibility index (Phi) is 6.92. The number of hydrogen-bond acceptors (Lipinski definition) is 8. The van der Waals surface area contributed by atoms with Crippen LogP contribution in [0.25, 0.3) is 0 Å². The molecule has 3 aromatic rings. The molecule has 5 rings (SSSR count). The van der Waals surface area contributed by atoms with Crippen molar-refractivity contribution >= 4 is 40.9 Å². The smallest absolute Gasteiger partial charge is 0.256 e. The van der Waals surface area contributed by atoms with Crippen molar-refractivity contribution in [1.82, 2.24) is 30.0 Å². The number of anilines is 4. The van der Waals surface area contributed by atoms with E-state index < -0.39 is 5.82 Å². The topological polar surface area (TPSA) is 105 Å². The van der Waals surface area contributed by atoms with Crippen LogP contribution in [-0.4, -0.2) is 88.2 Å². The van der Waals surface area contributed by atoms with Gasteiger partial charge in [-0.15, -0.1) is 0 Å². The summed E-state index contributed by atoms with van der Waals surface area (Å²) in [6.45, 7) is 6.48. The number of aromatic amines is 1. The summed E-state index contributed by atoms with van der Waals surface area (Å²) in [4.78, 5) is 28.5. The molecule has 0 spiro atoms. The fourth-order valence-corrected chi connectivity index (χ4v) is 4.63. The van der Waals surface area contributed by atoms with Gasteiger partial charge in [-0.3, -0.25) is 9.89 Å². The molecule has 1 aromatic carbocycles. The third kappa shape index (κ3) is 5.36. The summed E-state index contributed by atoms with van der Waals surface area (Å²) < 4.78 is 14.4. The van der Waals surface area contributed by atoms with Crippen LogP contribution in [0.15, 0.2) is 30.3 Å². The van der Waals surface area contributed by atoms with Crippen LogP contribution in [0.4, 0.5) is 27.8 Å². The summed E-state index contributed by atoms with van der Waals surface area (Å²) in [5.74, 6) is 1.52. The zero-order valence-corrected chi connectivity index (χ0v) is 21.0. The quantitative estimate of drug-likeness (QED) is 0.462. The van der Waals surface area contributed by atoms with Gasteiger partial charge in [-0.2, -0.15) is 15.1 Å². The number of nitrogens with zero attached hydrogens (tertiary/aromatic N) is 6. The van der Waals surface area contributed by atoms with Crippen LogP contribution >= 0.6 is 11.6 Å². The van der Waals surface area contributed by atoms with Gasteiger partial charge in [0.25, 0.3) is 5.91 Å². The molecule has 4 heterocycles. The highest BCUT2D eigenvalue weighted by molar-refractivity contribution is 6.31. The lowest BCUT2D eigenvalue weighted by molar-refractivity contribution is 0.0787. The van der Waals surface area contributed by atoms with Crippen molar-refractivity contribution in [3.05, 3.63) is 52.4 Å². The van der Waals surface area contributed by atoms with Gasteiger partial charge in [0.05, 0.1) is 10.6 Å². The number of amides is 1. The Hall–Kier alpha value is -3.44. The first-order valence-electron chi connectivity index (χ1n) is 12.0. The van der Waals surface area contributed by atoms with Crippen molar-refractivity contribution in [3.63, 3.8) is 0 Å². The predicted octanol–water partition coefficient (Wildman–Crippen LogP) is 3.12. The first kappa shape index (κ1) is 24.3. The van der Waals surface area contributed by atoms with Gasteiger partial charge in [0.2, 0.25) is 5.95 Å². The van der Waals surface area contributed by atoms with Gasteiger partial charge in [0.1, 0.15) is 11.6 Å². The van der Waals surface area contributed by atoms with E-state index >= 15 is 0 Å². The molecule has 0 radical (unpaired) electrons. The number of aryl methyl sites for hydroxylation is 1. The second kappa shape index (κ2) is 10.3. The van der Waals surface area contributed by atoms with E-state index in [9.17, 15) is 9.18 Å². The number of carbonyl (C=O) groups excluding carboxylic acids is 1. The lowest BCUT2D eigenvalue weighted by Gasteiger charge is -2.33. The number of likely N-dealkylation sites (N-methyl/N-ethyl adjacent to an activating group) is 1. The molecule has 0 bridgehead atoms. The second-order valence-electron chi connectivity index (χ2n) is 9.27. The van der Waals surface area contributed by atoms with Crippen LogP contribution in [0.3, 0.4) is 0 Å². The number of rotatable bonds is 6. The largest absolute Gasteiger partial charge is 0.354 e. The van der Waals surface area contributed by atoms with Crippen molar-refractivity contribution in [2.24, 2.45) is 0 Å². The molecule has 2 aliphatic heterocycles. The zero-order chi connectivity index (χ0) is 25.2. The van der Waals surface area contributed by atoms with Crippen LogP contribution in [0, 0.1) is 12.7 Å². The molecule has 2 fully saturated rings. The van der Waals surface area contributed by atoms with E-state index in [0.717, 1.165) is 37.7 Å². The number of H-pyrrole nitrogens is 1. The lowest BCUT2D eigenvalue weighted by Crippen LogP contribution is -2.45. The van der Waals surface area contributed by atoms with E-state index in [-0.39, 0.29) is 22.5 Å². The third-order valence-corrected chi connectivity index (χ3v) is 6.78.